The van der Waals surface area contributed by atoms with Gasteiger partial charge in [-0.15, -0.1) is 0 Å². The number of hydrogen-bond donors (Lipinski definition) is 0. The Bertz CT molecular complexity index is 988. The maximum Gasteiger partial charge on any atom is 0.338 e. The van der Waals surface area contributed by atoms with E-state index < -0.39 is 5.97 Å². The normalized spacial score (nSPS) is 12.9. The highest BCUT2D eigenvalue weighted by molar-refractivity contribution is 6.21. The molecule has 6 heteroatoms. The molecule has 0 radical (unpaired) electrons. The van der Waals surface area contributed by atoms with Gasteiger partial charge in [0.05, 0.1) is 28.3 Å². The number of nitrogens with zero attached hydrogens (tertiary/aromatic N) is 2. The molecule has 6 nitrogen and oxygen atoms in total. The molecule has 0 N–H and O–H groups in total. The van der Waals surface area contributed by atoms with Crippen LogP contribution in [-0.2, 0) is 11.3 Å². The van der Waals surface area contributed by atoms with E-state index in [0.717, 1.165) is 6.42 Å². The monoisotopic (exact) mass is 376 g/mol. The SMILES string of the molecule is CC(C)CCN1C(=O)c2ccc(C(=O)OCc3ccccc3C#N)cc2C1=O. The molecule has 0 fully saturated rings. The fourth-order valence-corrected chi connectivity index (χ4v) is 2.99. The van der Waals surface area contributed by atoms with Crippen molar-refractivity contribution in [2.45, 2.75) is 26.9 Å². The van der Waals surface area contributed by atoms with Gasteiger partial charge in [0.15, 0.2) is 0 Å². The zero-order valence-electron chi connectivity index (χ0n) is 15.8. The van der Waals surface area contributed by atoms with Gasteiger partial charge in [0.1, 0.15) is 6.61 Å². The quantitative estimate of drug-likeness (QED) is 0.568. The van der Waals surface area contributed by atoms with Crippen LogP contribution in [0, 0.1) is 17.2 Å². The summed E-state index contributed by atoms with van der Waals surface area (Å²) in [5, 5.41) is 9.10. The van der Waals surface area contributed by atoms with E-state index in [1.54, 1.807) is 24.3 Å². The highest BCUT2D eigenvalue weighted by atomic mass is 16.5. The maximum absolute atomic E-state index is 12.6. The first-order valence-corrected chi connectivity index (χ1v) is 9.07. The molecule has 0 bridgehead atoms. The van der Waals surface area contributed by atoms with Crippen LogP contribution in [0.2, 0.25) is 0 Å². The third kappa shape index (κ3) is 3.79. The lowest BCUT2D eigenvalue weighted by molar-refractivity contribution is 0.0472. The van der Waals surface area contributed by atoms with Crippen molar-refractivity contribution in [2.75, 3.05) is 6.54 Å². The Morgan fingerprint density at radius 3 is 2.54 bits per heavy atom. The van der Waals surface area contributed by atoms with Crippen molar-refractivity contribution in [3.8, 4) is 6.07 Å². The lowest BCUT2D eigenvalue weighted by Gasteiger charge is -2.14. The summed E-state index contributed by atoms with van der Waals surface area (Å²) in [5.41, 5.74) is 1.76. The molecule has 0 spiro atoms. The second-order valence-corrected chi connectivity index (χ2v) is 7.05. The van der Waals surface area contributed by atoms with Crippen LogP contribution in [0.15, 0.2) is 42.5 Å². The van der Waals surface area contributed by atoms with Crippen LogP contribution in [-0.4, -0.2) is 29.2 Å². The second-order valence-electron chi connectivity index (χ2n) is 7.05. The van der Waals surface area contributed by atoms with E-state index in [2.05, 4.69) is 0 Å². The van der Waals surface area contributed by atoms with Crippen LogP contribution in [0.25, 0.3) is 0 Å². The van der Waals surface area contributed by atoms with E-state index in [1.807, 2.05) is 19.9 Å². The number of rotatable bonds is 6. The molecule has 1 aliphatic heterocycles. The van der Waals surface area contributed by atoms with Crippen molar-refractivity contribution >= 4 is 17.8 Å². The zero-order valence-corrected chi connectivity index (χ0v) is 15.8. The van der Waals surface area contributed by atoms with E-state index in [-0.39, 0.29) is 29.5 Å². The molecule has 0 saturated heterocycles. The standard InChI is InChI=1S/C22H20N2O4/c1-14(2)9-10-24-20(25)18-8-7-15(11-19(18)21(24)26)22(27)28-13-17-6-4-3-5-16(17)12-23/h3-8,11,14H,9-10,13H2,1-2H3. The largest absolute Gasteiger partial charge is 0.457 e. The van der Waals surface area contributed by atoms with Crippen LogP contribution in [0.3, 0.4) is 0 Å². The molecule has 2 aromatic carbocycles. The van der Waals surface area contributed by atoms with Crippen molar-refractivity contribution in [1.29, 1.82) is 5.26 Å². The summed E-state index contributed by atoms with van der Waals surface area (Å²) >= 11 is 0. The summed E-state index contributed by atoms with van der Waals surface area (Å²) in [5.74, 6) is -0.962. The third-order valence-corrected chi connectivity index (χ3v) is 4.63. The van der Waals surface area contributed by atoms with Crippen LogP contribution in [0.1, 0.15) is 62.5 Å². The maximum atomic E-state index is 12.6. The average molecular weight is 376 g/mol. The Labute approximate surface area is 163 Å². The van der Waals surface area contributed by atoms with Crippen LogP contribution >= 0.6 is 0 Å². The summed E-state index contributed by atoms with van der Waals surface area (Å²) < 4.78 is 5.28. The van der Waals surface area contributed by atoms with Crippen molar-refractivity contribution in [3.05, 3.63) is 70.3 Å². The number of carbonyl (C=O) groups is 3. The smallest absolute Gasteiger partial charge is 0.338 e. The van der Waals surface area contributed by atoms with Gasteiger partial charge in [-0.2, -0.15) is 5.26 Å². The molecule has 3 rings (SSSR count). The number of esters is 1. The van der Waals surface area contributed by atoms with Crippen molar-refractivity contribution in [1.82, 2.24) is 4.90 Å². The zero-order chi connectivity index (χ0) is 20.3. The molecule has 2 amide bonds. The van der Waals surface area contributed by atoms with E-state index in [9.17, 15) is 14.4 Å². The minimum atomic E-state index is -0.614. The number of hydrogen-bond acceptors (Lipinski definition) is 5. The van der Waals surface area contributed by atoms with Gasteiger partial charge in [0.25, 0.3) is 11.8 Å². The molecule has 0 aliphatic carbocycles. The fourth-order valence-electron chi connectivity index (χ4n) is 2.99. The molecule has 0 atom stereocenters. The first kappa shape index (κ1) is 19.3. The van der Waals surface area contributed by atoms with Gasteiger partial charge in [0.2, 0.25) is 0 Å². The Balaban J connectivity index is 1.74. The Hall–Kier alpha value is -3.46. The number of nitriles is 1. The van der Waals surface area contributed by atoms with Gasteiger partial charge in [-0.3, -0.25) is 14.5 Å². The Kier molecular flexibility index (Phi) is 5.55. The first-order valence-electron chi connectivity index (χ1n) is 9.07. The number of benzene rings is 2. The molecule has 0 saturated carbocycles. The highest BCUT2D eigenvalue weighted by Crippen LogP contribution is 2.25. The number of fused-ring (bicyclic) bond motifs is 1. The number of imide groups is 1. The van der Waals surface area contributed by atoms with Gasteiger partial charge >= 0.3 is 5.97 Å². The number of amides is 2. The molecule has 0 aromatic heterocycles. The van der Waals surface area contributed by atoms with Crippen molar-refractivity contribution in [3.63, 3.8) is 0 Å². The molecule has 0 unspecified atom stereocenters. The van der Waals surface area contributed by atoms with Gasteiger partial charge in [-0.05, 0) is 36.6 Å². The van der Waals surface area contributed by atoms with Gasteiger partial charge in [0, 0.05) is 12.1 Å². The number of carbonyl (C=O) groups excluding carboxylic acids is 3. The first-order chi connectivity index (χ1) is 13.4. The highest BCUT2D eigenvalue weighted by Gasteiger charge is 2.35. The average Bonchev–Trinajstić information content (AvgIpc) is 2.94. The molecular formula is C22H20N2O4. The third-order valence-electron chi connectivity index (χ3n) is 4.63. The van der Waals surface area contributed by atoms with Gasteiger partial charge in [-0.25, -0.2) is 4.79 Å². The Morgan fingerprint density at radius 1 is 1.11 bits per heavy atom. The predicted molar refractivity (Wildman–Crippen MR) is 102 cm³/mol. The lowest BCUT2D eigenvalue weighted by Crippen LogP contribution is -2.31. The molecule has 142 valence electrons. The molecule has 2 aromatic rings. The lowest BCUT2D eigenvalue weighted by atomic mass is 10.1. The van der Waals surface area contributed by atoms with Crippen LogP contribution in [0.4, 0.5) is 0 Å². The van der Waals surface area contributed by atoms with E-state index >= 15 is 0 Å². The summed E-state index contributed by atoms with van der Waals surface area (Å²) in [7, 11) is 0. The Morgan fingerprint density at radius 2 is 1.82 bits per heavy atom. The van der Waals surface area contributed by atoms with Gasteiger partial charge < -0.3 is 4.74 Å². The molecular weight excluding hydrogens is 356 g/mol. The minimum absolute atomic E-state index is 0.0486. The summed E-state index contributed by atoms with van der Waals surface area (Å²) in [6.07, 6.45) is 0.721. The topological polar surface area (TPSA) is 87.5 Å². The van der Waals surface area contributed by atoms with Crippen molar-refractivity contribution < 1.29 is 19.1 Å². The number of ether oxygens (including phenoxy) is 1. The molecule has 1 aliphatic rings. The van der Waals surface area contributed by atoms with E-state index in [0.29, 0.717) is 29.2 Å². The molecule has 28 heavy (non-hydrogen) atoms. The summed E-state index contributed by atoms with van der Waals surface area (Å²) in [6.45, 7) is 4.36. The van der Waals surface area contributed by atoms with Crippen LogP contribution < -0.4 is 0 Å². The van der Waals surface area contributed by atoms with E-state index in [4.69, 9.17) is 10.00 Å². The molecule has 1 heterocycles. The predicted octanol–water partition coefficient (Wildman–Crippen LogP) is 3.56. The summed E-state index contributed by atoms with van der Waals surface area (Å²) in [6, 6.07) is 13.3. The summed E-state index contributed by atoms with van der Waals surface area (Å²) in [4.78, 5) is 38.6. The van der Waals surface area contributed by atoms with Gasteiger partial charge in [-0.1, -0.05) is 32.0 Å². The van der Waals surface area contributed by atoms with Crippen molar-refractivity contribution in [2.24, 2.45) is 5.92 Å². The van der Waals surface area contributed by atoms with E-state index in [1.165, 1.54) is 23.1 Å². The fraction of sp³-hybridized carbons (Fsp3) is 0.273. The second kappa shape index (κ2) is 8.05. The van der Waals surface area contributed by atoms with Crippen LogP contribution in [0.5, 0.6) is 0 Å². The minimum Gasteiger partial charge on any atom is -0.457 e.